The van der Waals surface area contributed by atoms with Crippen molar-refractivity contribution < 1.29 is 13.2 Å². The molecular formula is C10H20F3NS. The number of hydrogen-bond acceptors (Lipinski definition) is 2. The van der Waals surface area contributed by atoms with E-state index in [2.05, 4.69) is 12.6 Å². The molecule has 0 bridgehead atoms. The fraction of sp³-hybridized carbons (Fsp3) is 1.00. The minimum atomic E-state index is -4.09. The quantitative estimate of drug-likeness (QED) is 0.530. The zero-order valence-corrected chi connectivity index (χ0v) is 10.2. The molecule has 5 heteroatoms. The average Bonchev–Trinajstić information content (AvgIpc) is 2.08. The highest BCUT2D eigenvalue weighted by Crippen LogP contribution is 2.18. The Morgan fingerprint density at radius 2 is 1.73 bits per heavy atom. The van der Waals surface area contributed by atoms with Crippen LogP contribution < -0.4 is 0 Å². The van der Waals surface area contributed by atoms with Gasteiger partial charge in [0.1, 0.15) is 0 Å². The van der Waals surface area contributed by atoms with Crippen molar-refractivity contribution >= 4 is 12.6 Å². The lowest BCUT2D eigenvalue weighted by Crippen LogP contribution is -2.39. The highest BCUT2D eigenvalue weighted by atomic mass is 32.1. The van der Waals surface area contributed by atoms with Gasteiger partial charge in [-0.25, -0.2) is 0 Å². The van der Waals surface area contributed by atoms with Crippen molar-refractivity contribution in [2.45, 2.75) is 45.3 Å². The average molecular weight is 243 g/mol. The molecule has 0 atom stereocenters. The number of unbranched alkanes of at least 4 members (excludes halogenated alkanes) is 2. The van der Waals surface area contributed by atoms with Crippen LogP contribution in [0.25, 0.3) is 0 Å². The Hall–Kier alpha value is 0.100. The summed E-state index contributed by atoms with van der Waals surface area (Å²) in [6.45, 7) is 3.31. The van der Waals surface area contributed by atoms with Gasteiger partial charge in [0.2, 0.25) is 0 Å². The molecule has 0 fully saturated rings. The number of rotatable bonds is 7. The van der Waals surface area contributed by atoms with E-state index < -0.39 is 12.7 Å². The smallest absolute Gasteiger partial charge is 0.293 e. The summed E-state index contributed by atoms with van der Waals surface area (Å²) < 4.78 is 36.6. The Morgan fingerprint density at radius 3 is 2.13 bits per heavy atom. The molecule has 0 aliphatic heterocycles. The van der Waals surface area contributed by atoms with E-state index in [4.69, 9.17) is 0 Å². The maximum Gasteiger partial charge on any atom is 0.401 e. The Balaban J connectivity index is 3.84. The van der Waals surface area contributed by atoms with E-state index in [1.54, 1.807) is 13.8 Å². The summed E-state index contributed by atoms with van der Waals surface area (Å²) in [6, 6.07) is -0.0531. The predicted octanol–water partition coefficient (Wildman–Crippen LogP) is 3.36. The van der Waals surface area contributed by atoms with Gasteiger partial charge >= 0.3 is 6.18 Å². The van der Waals surface area contributed by atoms with Gasteiger partial charge in [0.25, 0.3) is 0 Å². The lowest BCUT2D eigenvalue weighted by molar-refractivity contribution is -0.149. The molecule has 0 aromatic heterocycles. The molecule has 0 heterocycles. The maximum atomic E-state index is 12.2. The highest BCUT2D eigenvalue weighted by Gasteiger charge is 2.31. The van der Waals surface area contributed by atoms with Crippen LogP contribution >= 0.6 is 12.6 Å². The Morgan fingerprint density at radius 1 is 1.13 bits per heavy atom. The van der Waals surface area contributed by atoms with Gasteiger partial charge in [0.05, 0.1) is 6.54 Å². The number of hydrogen-bond donors (Lipinski definition) is 1. The minimum absolute atomic E-state index is 0.0531. The van der Waals surface area contributed by atoms with Crippen molar-refractivity contribution in [2.75, 3.05) is 18.8 Å². The number of nitrogens with zero attached hydrogens (tertiary/aromatic N) is 1. The predicted molar refractivity (Wildman–Crippen MR) is 60.5 cm³/mol. The Kier molecular flexibility index (Phi) is 7.44. The standard InChI is InChI=1S/C10H20F3NS/c1-9(2)14(8-10(11,12)13)6-4-3-5-7-15/h9,15H,3-8H2,1-2H3. The van der Waals surface area contributed by atoms with E-state index in [1.165, 1.54) is 4.90 Å². The summed E-state index contributed by atoms with van der Waals surface area (Å²) in [4.78, 5) is 1.47. The zero-order chi connectivity index (χ0) is 11.9. The lowest BCUT2D eigenvalue weighted by Gasteiger charge is -2.27. The molecule has 1 nitrogen and oxygen atoms in total. The molecule has 0 aliphatic carbocycles. The van der Waals surface area contributed by atoms with Crippen molar-refractivity contribution in [3.63, 3.8) is 0 Å². The van der Waals surface area contributed by atoms with Crippen molar-refractivity contribution in [3.8, 4) is 0 Å². The summed E-state index contributed by atoms with van der Waals surface area (Å²) >= 11 is 4.06. The molecule has 0 spiro atoms. The summed E-state index contributed by atoms with van der Waals surface area (Å²) in [7, 11) is 0. The Labute approximate surface area is 95.4 Å². The first kappa shape index (κ1) is 15.1. The molecular weight excluding hydrogens is 223 g/mol. The normalized spacial score (nSPS) is 12.8. The van der Waals surface area contributed by atoms with Crippen LogP contribution in [-0.4, -0.2) is 36.0 Å². The molecule has 0 rings (SSSR count). The fourth-order valence-corrected chi connectivity index (χ4v) is 1.58. The summed E-state index contributed by atoms with van der Waals surface area (Å²) in [5.41, 5.74) is 0. The van der Waals surface area contributed by atoms with E-state index >= 15 is 0 Å². The van der Waals surface area contributed by atoms with E-state index in [0.29, 0.717) is 6.54 Å². The zero-order valence-electron chi connectivity index (χ0n) is 9.35. The monoisotopic (exact) mass is 243 g/mol. The molecule has 0 aliphatic rings. The number of thiol groups is 1. The summed E-state index contributed by atoms with van der Waals surface area (Å²) in [6.07, 6.45) is -1.35. The van der Waals surface area contributed by atoms with Gasteiger partial charge in [-0.05, 0) is 39.0 Å². The molecule has 0 aromatic rings. The van der Waals surface area contributed by atoms with Crippen LogP contribution in [0.5, 0.6) is 0 Å². The third-order valence-corrected chi connectivity index (χ3v) is 2.53. The Bertz CT molecular complexity index is 159. The van der Waals surface area contributed by atoms with Crippen LogP contribution in [-0.2, 0) is 0 Å². The van der Waals surface area contributed by atoms with Crippen molar-refractivity contribution in [2.24, 2.45) is 0 Å². The topological polar surface area (TPSA) is 3.24 Å². The summed E-state index contributed by atoms with van der Waals surface area (Å²) in [5.74, 6) is 0.806. The van der Waals surface area contributed by atoms with E-state index in [0.717, 1.165) is 25.0 Å². The van der Waals surface area contributed by atoms with E-state index in [9.17, 15) is 13.2 Å². The van der Waals surface area contributed by atoms with Crippen LogP contribution in [0.4, 0.5) is 13.2 Å². The number of alkyl halides is 3. The lowest BCUT2D eigenvalue weighted by atomic mass is 10.2. The van der Waals surface area contributed by atoms with Gasteiger partial charge in [-0.2, -0.15) is 25.8 Å². The maximum absolute atomic E-state index is 12.2. The molecule has 0 radical (unpaired) electrons. The van der Waals surface area contributed by atoms with Crippen molar-refractivity contribution in [1.82, 2.24) is 4.90 Å². The minimum Gasteiger partial charge on any atom is -0.293 e. The van der Waals surface area contributed by atoms with Crippen LogP contribution in [0, 0.1) is 0 Å². The third kappa shape index (κ3) is 9.05. The second-order valence-corrected chi connectivity index (χ2v) is 4.41. The van der Waals surface area contributed by atoms with Gasteiger partial charge in [-0.3, -0.25) is 4.90 Å². The van der Waals surface area contributed by atoms with Gasteiger partial charge in [-0.15, -0.1) is 0 Å². The fourth-order valence-electron chi connectivity index (χ4n) is 1.35. The number of halogens is 3. The first-order valence-corrected chi connectivity index (χ1v) is 5.91. The molecule has 0 unspecified atom stereocenters. The molecule has 0 amide bonds. The van der Waals surface area contributed by atoms with Crippen LogP contribution in [0.2, 0.25) is 0 Å². The SMILES string of the molecule is CC(C)N(CCCCCS)CC(F)(F)F. The van der Waals surface area contributed by atoms with Gasteiger partial charge < -0.3 is 0 Å². The van der Waals surface area contributed by atoms with Crippen molar-refractivity contribution in [1.29, 1.82) is 0 Å². The highest BCUT2D eigenvalue weighted by molar-refractivity contribution is 7.80. The molecule has 0 aromatic carbocycles. The van der Waals surface area contributed by atoms with Crippen molar-refractivity contribution in [3.05, 3.63) is 0 Å². The summed E-state index contributed by atoms with van der Waals surface area (Å²) in [5, 5.41) is 0. The van der Waals surface area contributed by atoms with Crippen LogP contribution in [0.1, 0.15) is 33.1 Å². The van der Waals surface area contributed by atoms with E-state index in [1.807, 2.05) is 0 Å². The molecule has 0 N–H and O–H groups in total. The largest absolute Gasteiger partial charge is 0.401 e. The van der Waals surface area contributed by atoms with E-state index in [-0.39, 0.29) is 6.04 Å². The molecule has 0 saturated carbocycles. The van der Waals surface area contributed by atoms with Crippen LogP contribution in [0.3, 0.4) is 0 Å². The van der Waals surface area contributed by atoms with Crippen LogP contribution in [0.15, 0.2) is 0 Å². The second-order valence-electron chi connectivity index (χ2n) is 3.96. The second kappa shape index (κ2) is 7.39. The first-order chi connectivity index (χ1) is 6.87. The molecule has 0 saturated heterocycles. The van der Waals surface area contributed by atoms with Gasteiger partial charge in [0, 0.05) is 6.04 Å². The molecule has 92 valence electrons. The van der Waals surface area contributed by atoms with Gasteiger partial charge in [-0.1, -0.05) is 6.42 Å². The van der Waals surface area contributed by atoms with Gasteiger partial charge in [0.15, 0.2) is 0 Å². The first-order valence-electron chi connectivity index (χ1n) is 5.28. The third-order valence-electron chi connectivity index (χ3n) is 2.22. The molecule has 15 heavy (non-hydrogen) atoms.